The molecule has 0 aliphatic rings. The van der Waals surface area contributed by atoms with E-state index in [0.29, 0.717) is 29.3 Å². The monoisotopic (exact) mass is 388 g/mol. The van der Waals surface area contributed by atoms with Gasteiger partial charge in [0.2, 0.25) is 5.91 Å². The van der Waals surface area contributed by atoms with Crippen LogP contribution in [-0.4, -0.2) is 39.6 Å². The second-order valence-corrected chi connectivity index (χ2v) is 6.26. The van der Waals surface area contributed by atoms with Crippen LogP contribution in [0, 0.1) is 6.92 Å². The number of hydrogen-bond donors (Lipinski definition) is 1. The fourth-order valence-corrected chi connectivity index (χ4v) is 2.63. The third kappa shape index (κ3) is 4.94. The highest BCUT2D eigenvalue weighted by molar-refractivity contribution is 7.99. The average molecular weight is 388 g/mol. The van der Waals surface area contributed by atoms with Crippen LogP contribution in [0.25, 0.3) is 11.6 Å². The van der Waals surface area contributed by atoms with Crippen LogP contribution in [0.5, 0.6) is 0 Å². The molecule has 9 nitrogen and oxygen atoms in total. The van der Waals surface area contributed by atoms with Crippen LogP contribution in [-0.2, 0) is 9.53 Å². The van der Waals surface area contributed by atoms with Gasteiger partial charge in [0, 0.05) is 11.8 Å². The van der Waals surface area contributed by atoms with Crippen LogP contribution in [0.2, 0.25) is 0 Å². The maximum absolute atomic E-state index is 12.0. The summed E-state index contributed by atoms with van der Waals surface area (Å²) >= 11 is 1.10. The lowest BCUT2D eigenvalue weighted by Gasteiger charge is -2.05. The molecule has 0 saturated heterocycles. The van der Waals surface area contributed by atoms with Crippen molar-refractivity contribution in [3.05, 3.63) is 41.7 Å². The van der Waals surface area contributed by atoms with Gasteiger partial charge in [-0.15, -0.1) is 10.2 Å². The molecule has 0 unspecified atom stereocenters. The second kappa shape index (κ2) is 8.49. The summed E-state index contributed by atoms with van der Waals surface area (Å²) in [5.74, 6) is 0.287. The Bertz CT molecular complexity index is 935. The number of rotatable bonds is 7. The van der Waals surface area contributed by atoms with Gasteiger partial charge in [-0.05, 0) is 38.1 Å². The van der Waals surface area contributed by atoms with E-state index in [1.54, 1.807) is 44.2 Å². The number of ether oxygens (including phenoxy) is 1. The van der Waals surface area contributed by atoms with Crippen LogP contribution in [0.15, 0.2) is 44.5 Å². The summed E-state index contributed by atoms with van der Waals surface area (Å²) in [6, 6.07) is 8.11. The van der Waals surface area contributed by atoms with Gasteiger partial charge < -0.3 is 19.0 Å². The summed E-state index contributed by atoms with van der Waals surface area (Å²) in [5.41, 5.74) is 1.43. The van der Waals surface area contributed by atoms with Crippen LogP contribution in [0.1, 0.15) is 23.0 Å². The first-order valence-corrected chi connectivity index (χ1v) is 9.00. The standard InChI is InChI=1S/C17H16N4O5S/c1-3-24-16(23)11-4-6-12(7-5-11)18-14(22)9-27-17-20-19-15(25-17)13-8-10(2)26-21-13/h4-8H,3,9H2,1-2H3,(H,18,22). The number of aromatic nitrogens is 3. The van der Waals surface area contributed by atoms with E-state index < -0.39 is 5.97 Å². The molecule has 0 fully saturated rings. The first kappa shape index (κ1) is 18.6. The minimum atomic E-state index is -0.402. The van der Waals surface area contributed by atoms with Gasteiger partial charge in [-0.25, -0.2) is 4.79 Å². The number of esters is 1. The lowest BCUT2D eigenvalue weighted by atomic mass is 10.2. The third-order valence-electron chi connectivity index (χ3n) is 3.26. The van der Waals surface area contributed by atoms with Crippen molar-refractivity contribution in [2.24, 2.45) is 0 Å². The molecule has 0 radical (unpaired) electrons. The number of benzene rings is 1. The van der Waals surface area contributed by atoms with E-state index in [9.17, 15) is 9.59 Å². The van der Waals surface area contributed by atoms with E-state index in [4.69, 9.17) is 13.7 Å². The molecule has 2 heterocycles. The normalized spacial score (nSPS) is 10.6. The molecule has 0 spiro atoms. The lowest BCUT2D eigenvalue weighted by Crippen LogP contribution is -2.14. The van der Waals surface area contributed by atoms with Crippen molar-refractivity contribution < 1.29 is 23.3 Å². The number of nitrogens with zero attached hydrogens (tertiary/aromatic N) is 3. The van der Waals surface area contributed by atoms with Crippen molar-refractivity contribution in [2.45, 2.75) is 19.1 Å². The lowest BCUT2D eigenvalue weighted by molar-refractivity contribution is -0.113. The maximum Gasteiger partial charge on any atom is 0.338 e. The fourth-order valence-electron chi connectivity index (χ4n) is 2.07. The molecule has 0 aliphatic carbocycles. The first-order valence-electron chi connectivity index (χ1n) is 8.02. The maximum atomic E-state index is 12.0. The average Bonchev–Trinajstić information content (AvgIpc) is 3.29. The van der Waals surface area contributed by atoms with Gasteiger partial charge in [0.25, 0.3) is 11.1 Å². The zero-order chi connectivity index (χ0) is 19.2. The minimum absolute atomic E-state index is 0.0824. The highest BCUT2D eigenvalue weighted by Crippen LogP contribution is 2.23. The molecular weight excluding hydrogens is 372 g/mol. The molecule has 0 aliphatic heterocycles. The molecule has 10 heteroatoms. The van der Waals surface area contributed by atoms with E-state index >= 15 is 0 Å². The van der Waals surface area contributed by atoms with Crippen molar-refractivity contribution in [1.29, 1.82) is 0 Å². The third-order valence-corrected chi connectivity index (χ3v) is 4.08. The Balaban J connectivity index is 1.51. The number of nitrogens with one attached hydrogen (secondary N) is 1. The number of carbonyl (C=O) groups excluding carboxylic acids is 2. The highest BCUT2D eigenvalue weighted by Gasteiger charge is 2.14. The second-order valence-electron chi connectivity index (χ2n) is 5.33. The zero-order valence-electron chi connectivity index (χ0n) is 14.6. The smallest absolute Gasteiger partial charge is 0.338 e. The van der Waals surface area contributed by atoms with Crippen molar-refractivity contribution >= 4 is 29.3 Å². The Morgan fingerprint density at radius 1 is 1.22 bits per heavy atom. The molecular formula is C17H16N4O5S. The summed E-state index contributed by atoms with van der Waals surface area (Å²) in [7, 11) is 0. The highest BCUT2D eigenvalue weighted by atomic mass is 32.2. The van der Waals surface area contributed by atoms with Crippen molar-refractivity contribution in [1.82, 2.24) is 15.4 Å². The predicted octanol–water partition coefficient (Wildman–Crippen LogP) is 2.94. The molecule has 27 heavy (non-hydrogen) atoms. The SMILES string of the molecule is CCOC(=O)c1ccc(NC(=O)CSc2nnc(-c3cc(C)on3)o2)cc1. The Morgan fingerprint density at radius 3 is 2.67 bits per heavy atom. The predicted molar refractivity (Wildman–Crippen MR) is 96.3 cm³/mol. The van der Waals surface area contributed by atoms with Crippen molar-refractivity contribution in [2.75, 3.05) is 17.7 Å². The molecule has 1 aromatic carbocycles. The number of amides is 1. The number of anilines is 1. The molecule has 3 rings (SSSR count). The molecule has 2 aromatic heterocycles. The van der Waals surface area contributed by atoms with Crippen LogP contribution in [0.4, 0.5) is 5.69 Å². The van der Waals surface area contributed by atoms with Crippen molar-refractivity contribution in [3.63, 3.8) is 0 Å². The summed E-state index contributed by atoms with van der Waals surface area (Å²) in [5, 5.41) is 14.5. The molecule has 0 saturated carbocycles. The summed E-state index contributed by atoms with van der Waals surface area (Å²) in [4.78, 5) is 23.6. The summed E-state index contributed by atoms with van der Waals surface area (Å²) in [6.07, 6.45) is 0. The molecule has 140 valence electrons. The number of hydrogen-bond acceptors (Lipinski definition) is 9. The van der Waals surface area contributed by atoms with Crippen LogP contribution in [0.3, 0.4) is 0 Å². The number of aryl methyl sites for hydroxylation is 1. The van der Waals surface area contributed by atoms with Gasteiger partial charge >= 0.3 is 5.97 Å². The minimum Gasteiger partial charge on any atom is -0.462 e. The van der Waals surface area contributed by atoms with Gasteiger partial charge in [0.1, 0.15) is 5.76 Å². The molecule has 1 N–H and O–H groups in total. The number of carbonyl (C=O) groups is 2. The fraction of sp³-hybridized carbons (Fsp3) is 0.235. The topological polar surface area (TPSA) is 120 Å². The number of thioether (sulfide) groups is 1. The quantitative estimate of drug-likeness (QED) is 0.481. The van der Waals surface area contributed by atoms with Gasteiger partial charge in [0.15, 0.2) is 5.69 Å². The van der Waals surface area contributed by atoms with E-state index in [1.807, 2.05) is 0 Å². The Hall–Kier alpha value is -3.14. The Kier molecular flexibility index (Phi) is 5.87. The van der Waals surface area contributed by atoms with E-state index in [-0.39, 0.29) is 22.8 Å². The van der Waals surface area contributed by atoms with Gasteiger partial charge in [0.05, 0.1) is 17.9 Å². The zero-order valence-corrected chi connectivity index (χ0v) is 15.4. The van der Waals surface area contributed by atoms with Crippen LogP contribution < -0.4 is 5.32 Å². The molecule has 3 aromatic rings. The molecule has 0 atom stereocenters. The Morgan fingerprint density at radius 2 is 2.00 bits per heavy atom. The van der Waals surface area contributed by atoms with E-state index in [2.05, 4.69) is 20.7 Å². The van der Waals surface area contributed by atoms with Crippen molar-refractivity contribution in [3.8, 4) is 11.6 Å². The summed E-state index contributed by atoms with van der Waals surface area (Å²) < 4.78 is 15.3. The van der Waals surface area contributed by atoms with E-state index in [0.717, 1.165) is 11.8 Å². The van der Waals surface area contributed by atoms with Crippen LogP contribution >= 0.6 is 11.8 Å². The molecule has 0 bridgehead atoms. The summed E-state index contributed by atoms with van der Waals surface area (Å²) in [6.45, 7) is 3.80. The van der Waals surface area contributed by atoms with Gasteiger partial charge in [-0.2, -0.15) is 0 Å². The largest absolute Gasteiger partial charge is 0.462 e. The molecule has 1 amide bonds. The van der Waals surface area contributed by atoms with Gasteiger partial charge in [-0.1, -0.05) is 16.9 Å². The Labute approximate surface area is 158 Å². The first-order chi connectivity index (χ1) is 13.0. The van der Waals surface area contributed by atoms with Gasteiger partial charge in [-0.3, -0.25) is 4.79 Å². The van der Waals surface area contributed by atoms with E-state index in [1.165, 1.54) is 0 Å².